The van der Waals surface area contributed by atoms with E-state index < -0.39 is 8.32 Å². The van der Waals surface area contributed by atoms with E-state index in [1.807, 2.05) is 0 Å². The van der Waals surface area contributed by atoms with Crippen LogP contribution >= 0.6 is 0 Å². The molecule has 0 aliphatic rings. The zero-order valence-corrected chi connectivity index (χ0v) is 8.31. The van der Waals surface area contributed by atoms with E-state index in [2.05, 4.69) is 26.6 Å². The summed E-state index contributed by atoms with van der Waals surface area (Å²) in [5.74, 6) is 0. The van der Waals surface area contributed by atoms with Crippen LogP contribution in [0, 0.1) is 0 Å². The highest BCUT2D eigenvalue weighted by molar-refractivity contribution is 6.71. The largest absolute Gasteiger partial charge is 0.550 e. The molecule has 0 atom stereocenters. The van der Waals surface area contributed by atoms with E-state index >= 15 is 0 Å². The first-order chi connectivity index (χ1) is 4.62. The second-order valence-corrected chi connectivity index (χ2v) is 7.40. The summed E-state index contributed by atoms with van der Waals surface area (Å²) in [5, 5.41) is 0. The number of hydrogen-bond donors (Lipinski definition) is 0. The van der Waals surface area contributed by atoms with Gasteiger partial charge in [-0.05, 0) is 19.1 Å². The van der Waals surface area contributed by atoms with Gasteiger partial charge in [0.1, 0.15) is 0 Å². The Labute approximate surface area is 65.2 Å². The molecule has 0 spiro atoms. The highest BCUT2D eigenvalue weighted by Crippen LogP contribution is 2.14. The lowest BCUT2D eigenvalue weighted by Crippen LogP contribution is -2.27. The fourth-order valence-electron chi connectivity index (χ4n) is 0.887. The Morgan fingerprint density at radius 3 is 2.50 bits per heavy atom. The molecule has 0 radical (unpaired) electrons. The fraction of sp³-hybridized carbons (Fsp3) is 0.750. The van der Waals surface area contributed by atoms with Gasteiger partial charge in [0.2, 0.25) is 8.32 Å². The first-order valence-electron chi connectivity index (χ1n) is 3.91. The highest BCUT2D eigenvalue weighted by atomic mass is 28.4. The van der Waals surface area contributed by atoms with Crippen LogP contribution in [0.2, 0.25) is 19.1 Å². The van der Waals surface area contributed by atoms with Crippen molar-refractivity contribution >= 4 is 8.32 Å². The van der Waals surface area contributed by atoms with Crippen LogP contribution in [0.25, 0.3) is 0 Å². The standard InChI is InChI=1S/C8H18OSi/c1-5-7-8-10(3,4)9-6-2/h6H,2,5,7-8H2,1,3-4H3. The van der Waals surface area contributed by atoms with Gasteiger partial charge in [-0.25, -0.2) is 0 Å². The molecule has 60 valence electrons. The molecule has 0 N–H and O–H groups in total. The lowest BCUT2D eigenvalue weighted by Gasteiger charge is -2.20. The Bertz CT molecular complexity index is 99.4. The van der Waals surface area contributed by atoms with E-state index in [1.165, 1.54) is 18.9 Å². The molecular formula is C8H18OSi. The third-order valence-electron chi connectivity index (χ3n) is 1.53. The van der Waals surface area contributed by atoms with E-state index in [0.29, 0.717) is 0 Å². The molecular weight excluding hydrogens is 140 g/mol. The molecule has 10 heavy (non-hydrogen) atoms. The molecule has 0 fully saturated rings. The van der Waals surface area contributed by atoms with Crippen LogP contribution in [-0.2, 0) is 4.43 Å². The molecule has 0 saturated carbocycles. The molecule has 0 amide bonds. The average molecular weight is 158 g/mol. The Kier molecular flexibility index (Phi) is 4.44. The van der Waals surface area contributed by atoms with Gasteiger partial charge in [0.05, 0.1) is 6.26 Å². The summed E-state index contributed by atoms with van der Waals surface area (Å²) < 4.78 is 5.43. The summed E-state index contributed by atoms with van der Waals surface area (Å²) in [6, 6.07) is 1.25. The van der Waals surface area contributed by atoms with Crippen molar-refractivity contribution in [2.45, 2.75) is 38.9 Å². The van der Waals surface area contributed by atoms with Crippen molar-refractivity contribution in [1.82, 2.24) is 0 Å². The van der Waals surface area contributed by atoms with Crippen LogP contribution < -0.4 is 0 Å². The fourth-order valence-corrected chi connectivity index (χ4v) is 2.66. The van der Waals surface area contributed by atoms with Crippen molar-refractivity contribution in [1.29, 1.82) is 0 Å². The molecule has 0 unspecified atom stereocenters. The van der Waals surface area contributed by atoms with Crippen molar-refractivity contribution in [3.05, 3.63) is 12.8 Å². The summed E-state index contributed by atoms with van der Waals surface area (Å²) in [6.45, 7) is 10.2. The summed E-state index contributed by atoms with van der Waals surface area (Å²) in [7, 11) is -1.34. The van der Waals surface area contributed by atoms with Crippen LogP contribution in [0.3, 0.4) is 0 Å². The average Bonchev–Trinajstić information content (AvgIpc) is 1.84. The van der Waals surface area contributed by atoms with Crippen LogP contribution in [0.4, 0.5) is 0 Å². The van der Waals surface area contributed by atoms with Gasteiger partial charge in [0.15, 0.2) is 0 Å². The van der Waals surface area contributed by atoms with E-state index in [4.69, 9.17) is 4.43 Å². The van der Waals surface area contributed by atoms with Crippen molar-refractivity contribution in [3.63, 3.8) is 0 Å². The summed E-state index contributed by atoms with van der Waals surface area (Å²) in [5.41, 5.74) is 0. The topological polar surface area (TPSA) is 9.23 Å². The van der Waals surface area contributed by atoms with Crippen LogP contribution in [0.1, 0.15) is 19.8 Å². The quantitative estimate of drug-likeness (QED) is 0.441. The zero-order valence-electron chi connectivity index (χ0n) is 7.31. The number of unbranched alkanes of at least 4 members (excludes halogenated alkanes) is 1. The van der Waals surface area contributed by atoms with Gasteiger partial charge in [0, 0.05) is 0 Å². The minimum Gasteiger partial charge on any atom is -0.550 e. The minimum atomic E-state index is -1.34. The van der Waals surface area contributed by atoms with E-state index in [-0.39, 0.29) is 0 Å². The van der Waals surface area contributed by atoms with Gasteiger partial charge in [-0.1, -0.05) is 26.3 Å². The summed E-state index contributed by atoms with van der Waals surface area (Å²) in [4.78, 5) is 0. The molecule has 0 aliphatic carbocycles. The Hall–Kier alpha value is -0.243. The minimum absolute atomic E-state index is 1.25. The van der Waals surface area contributed by atoms with E-state index in [1.54, 1.807) is 6.26 Å². The normalized spacial score (nSPS) is 11.1. The van der Waals surface area contributed by atoms with E-state index in [9.17, 15) is 0 Å². The molecule has 0 aromatic rings. The first kappa shape index (κ1) is 9.76. The predicted octanol–water partition coefficient (Wildman–Crippen LogP) is 3.15. The van der Waals surface area contributed by atoms with Crippen molar-refractivity contribution in [3.8, 4) is 0 Å². The molecule has 1 nitrogen and oxygen atoms in total. The second-order valence-electron chi connectivity index (χ2n) is 3.15. The number of rotatable bonds is 5. The lowest BCUT2D eigenvalue weighted by atomic mass is 10.4. The van der Waals surface area contributed by atoms with Gasteiger partial charge in [-0.2, -0.15) is 0 Å². The predicted molar refractivity (Wildman–Crippen MR) is 48.5 cm³/mol. The molecule has 0 aromatic heterocycles. The zero-order chi connectivity index (χ0) is 8.04. The molecule has 0 heterocycles. The van der Waals surface area contributed by atoms with Crippen molar-refractivity contribution in [2.24, 2.45) is 0 Å². The third kappa shape index (κ3) is 4.62. The maximum absolute atomic E-state index is 5.43. The second kappa shape index (κ2) is 4.55. The molecule has 0 aliphatic heterocycles. The monoisotopic (exact) mass is 158 g/mol. The van der Waals surface area contributed by atoms with Crippen LogP contribution in [-0.4, -0.2) is 8.32 Å². The van der Waals surface area contributed by atoms with Gasteiger partial charge < -0.3 is 4.43 Å². The molecule has 0 rings (SSSR count). The summed E-state index contributed by atoms with van der Waals surface area (Å²) >= 11 is 0. The Balaban J connectivity index is 3.51. The summed E-state index contributed by atoms with van der Waals surface area (Å²) in [6.07, 6.45) is 4.13. The molecule has 2 heteroatoms. The van der Waals surface area contributed by atoms with Gasteiger partial charge >= 0.3 is 0 Å². The van der Waals surface area contributed by atoms with Crippen molar-refractivity contribution < 1.29 is 4.43 Å². The van der Waals surface area contributed by atoms with Crippen molar-refractivity contribution in [2.75, 3.05) is 0 Å². The third-order valence-corrected chi connectivity index (χ3v) is 3.90. The SMILES string of the molecule is C=CO[Si](C)(C)CCCC. The molecule has 0 bridgehead atoms. The Morgan fingerprint density at radius 1 is 1.50 bits per heavy atom. The van der Waals surface area contributed by atoms with Crippen LogP contribution in [0.15, 0.2) is 12.8 Å². The Morgan fingerprint density at radius 2 is 2.10 bits per heavy atom. The van der Waals surface area contributed by atoms with Gasteiger partial charge in [-0.15, -0.1) is 0 Å². The molecule has 0 aromatic carbocycles. The first-order valence-corrected chi connectivity index (χ1v) is 7.02. The van der Waals surface area contributed by atoms with E-state index in [0.717, 1.165) is 0 Å². The highest BCUT2D eigenvalue weighted by Gasteiger charge is 2.20. The smallest absolute Gasteiger partial charge is 0.244 e. The molecule has 0 saturated heterocycles. The lowest BCUT2D eigenvalue weighted by molar-refractivity contribution is 0.470. The number of hydrogen-bond acceptors (Lipinski definition) is 1. The maximum Gasteiger partial charge on any atom is 0.244 e. The maximum atomic E-state index is 5.43. The van der Waals surface area contributed by atoms with Gasteiger partial charge in [-0.3, -0.25) is 0 Å². The van der Waals surface area contributed by atoms with Gasteiger partial charge in [0.25, 0.3) is 0 Å². The van der Waals surface area contributed by atoms with Crippen LogP contribution in [0.5, 0.6) is 0 Å².